The van der Waals surface area contributed by atoms with Crippen LogP contribution in [0.2, 0.25) is 0 Å². The highest BCUT2D eigenvalue weighted by atomic mass is 16.4. The van der Waals surface area contributed by atoms with Crippen molar-refractivity contribution in [2.45, 2.75) is 13.8 Å². The summed E-state index contributed by atoms with van der Waals surface area (Å²) in [6, 6.07) is 0. The Morgan fingerprint density at radius 1 is 1.30 bits per heavy atom. The maximum Gasteiger partial charge on any atom is 0.307 e. The zero-order chi connectivity index (χ0) is 8.31. The van der Waals surface area contributed by atoms with Crippen LogP contribution in [-0.2, 0) is 9.59 Å². The fourth-order valence-electron chi connectivity index (χ4n) is 0.460. The SMILES string of the molecule is CC(C(N)=O)C(C)C(=O)O. The third-order valence-electron chi connectivity index (χ3n) is 1.59. The summed E-state index contributed by atoms with van der Waals surface area (Å²) in [5, 5.41) is 8.39. The summed E-state index contributed by atoms with van der Waals surface area (Å²) in [7, 11) is 0. The Balaban J connectivity index is 4.07. The third-order valence-corrected chi connectivity index (χ3v) is 1.59. The second-order valence-corrected chi connectivity index (χ2v) is 2.32. The van der Waals surface area contributed by atoms with Crippen molar-refractivity contribution in [3.8, 4) is 0 Å². The summed E-state index contributed by atoms with van der Waals surface area (Å²) in [5.41, 5.74) is 4.87. The van der Waals surface area contributed by atoms with Gasteiger partial charge in [0.15, 0.2) is 0 Å². The van der Waals surface area contributed by atoms with E-state index >= 15 is 0 Å². The van der Waals surface area contributed by atoms with E-state index in [2.05, 4.69) is 0 Å². The van der Waals surface area contributed by atoms with Gasteiger partial charge in [-0.25, -0.2) is 0 Å². The van der Waals surface area contributed by atoms with Crippen LogP contribution in [0.1, 0.15) is 13.8 Å². The molecule has 0 aliphatic carbocycles. The normalized spacial score (nSPS) is 15.8. The van der Waals surface area contributed by atoms with Crippen molar-refractivity contribution in [1.82, 2.24) is 0 Å². The molecule has 0 aromatic heterocycles. The van der Waals surface area contributed by atoms with Gasteiger partial charge in [-0.3, -0.25) is 9.59 Å². The van der Waals surface area contributed by atoms with Gasteiger partial charge < -0.3 is 10.8 Å². The highest BCUT2D eigenvalue weighted by Crippen LogP contribution is 2.09. The number of rotatable bonds is 3. The smallest absolute Gasteiger partial charge is 0.307 e. The molecule has 1 amide bonds. The van der Waals surface area contributed by atoms with E-state index in [0.717, 1.165) is 0 Å². The lowest BCUT2D eigenvalue weighted by Crippen LogP contribution is -2.30. The number of carboxylic acids is 1. The zero-order valence-corrected chi connectivity index (χ0v) is 6.00. The van der Waals surface area contributed by atoms with E-state index in [1.807, 2.05) is 0 Å². The second-order valence-electron chi connectivity index (χ2n) is 2.32. The van der Waals surface area contributed by atoms with E-state index in [1.54, 1.807) is 0 Å². The van der Waals surface area contributed by atoms with Crippen LogP contribution in [0.25, 0.3) is 0 Å². The molecule has 0 fully saturated rings. The molecule has 2 unspecified atom stereocenters. The van der Waals surface area contributed by atoms with Crippen molar-refractivity contribution in [3.05, 3.63) is 0 Å². The molecule has 0 spiro atoms. The molecule has 0 saturated carbocycles. The lowest BCUT2D eigenvalue weighted by atomic mass is 9.96. The molecule has 0 aromatic carbocycles. The summed E-state index contributed by atoms with van der Waals surface area (Å²) in [6.45, 7) is 2.96. The predicted molar refractivity (Wildman–Crippen MR) is 35.2 cm³/mol. The number of aliphatic carboxylic acids is 1. The van der Waals surface area contributed by atoms with Gasteiger partial charge in [-0.1, -0.05) is 13.8 Å². The number of carbonyl (C=O) groups is 2. The van der Waals surface area contributed by atoms with E-state index in [4.69, 9.17) is 10.8 Å². The van der Waals surface area contributed by atoms with Crippen LogP contribution in [0.4, 0.5) is 0 Å². The molecule has 0 saturated heterocycles. The Morgan fingerprint density at radius 2 is 1.70 bits per heavy atom. The van der Waals surface area contributed by atoms with Gasteiger partial charge in [0.1, 0.15) is 0 Å². The Labute approximate surface area is 59.0 Å². The van der Waals surface area contributed by atoms with E-state index in [-0.39, 0.29) is 0 Å². The first-order valence-corrected chi connectivity index (χ1v) is 2.99. The maximum atomic E-state index is 10.4. The fourth-order valence-corrected chi connectivity index (χ4v) is 0.460. The summed E-state index contributed by atoms with van der Waals surface area (Å²) in [5.74, 6) is -2.86. The number of hydrogen-bond donors (Lipinski definition) is 2. The van der Waals surface area contributed by atoms with Gasteiger partial charge in [0.25, 0.3) is 0 Å². The molecule has 0 aromatic rings. The molecule has 0 heterocycles. The van der Waals surface area contributed by atoms with Gasteiger partial charge in [-0.2, -0.15) is 0 Å². The van der Waals surface area contributed by atoms with Gasteiger partial charge in [0, 0.05) is 5.92 Å². The summed E-state index contributed by atoms with van der Waals surface area (Å²) < 4.78 is 0. The number of carboxylic acid groups (broad SMARTS) is 1. The Hall–Kier alpha value is -1.06. The van der Waals surface area contributed by atoms with E-state index < -0.39 is 23.7 Å². The molecule has 58 valence electrons. The molecule has 10 heavy (non-hydrogen) atoms. The Bertz CT molecular complexity index is 137. The van der Waals surface area contributed by atoms with Crippen LogP contribution in [0.5, 0.6) is 0 Å². The molecule has 2 atom stereocenters. The maximum absolute atomic E-state index is 10.4. The lowest BCUT2D eigenvalue weighted by molar-refractivity contribution is -0.145. The van der Waals surface area contributed by atoms with Crippen LogP contribution in [-0.4, -0.2) is 17.0 Å². The average molecular weight is 145 g/mol. The van der Waals surface area contributed by atoms with Crippen molar-refractivity contribution < 1.29 is 14.7 Å². The van der Waals surface area contributed by atoms with Gasteiger partial charge >= 0.3 is 5.97 Å². The Kier molecular flexibility index (Phi) is 2.86. The van der Waals surface area contributed by atoms with Crippen molar-refractivity contribution in [2.24, 2.45) is 17.6 Å². The van der Waals surface area contributed by atoms with Crippen LogP contribution < -0.4 is 5.73 Å². The molecule has 4 nitrogen and oxygen atoms in total. The summed E-state index contributed by atoms with van der Waals surface area (Å²) in [6.07, 6.45) is 0. The number of amides is 1. The molecule has 0 aliphatic heterocycles. The molecule has 3 N–H and O–H groups in total. The number of nitrogens with two attached hydrogens (primary N) is 1. The van der Waals surface area contributed by atoms with Crippen molar-refractivity contribution in [2.75, 3.05) is 0 Å². The van der Waals surface area contributed by atoms with Crippen LogP contribution in [0.3, 0.4) is 0 Å². The number of carbonyl (C=O) groups excluding carboxylic acids is 1. The van der Waals surface area contributed by atoms with Crippen molar-refractivity contribution in [3.63, 3.8) is 0 Å². The van der Waals surface area contributed by atoms with E-state index in [1.165, 1.54) is 13.8 Å². The van der Waals surface area contributed by atoms with Crippen LogP contribution in [0.15, 0.2) is 0 Å². The first-order valence-electron chi connectivity index (χ1n) is 2.99. The first-order chi connectivity index (χ1) is 4.46. The second kappa shape index (κ2) is 3.20. The highest BCUT2D eigenvalue weighted by Gasteiger charge is 2.23. The number of hydrogen-bond acceptors (Lipinski definition) is 2. The van der Waals surface area contributed by atoms with E-state index in [9.17, 15) is 9.59 Å². The predicted octanol–water partition coefficient (Wildman–Crippen LogP) is -0.172. The zero-order valence-electron chi connectivity index (χ0n) is 6.00. The molecular formula is C6H11NO3. The minimum atomic E-state index is -0.994. The molecule has 4 heteroatoms. The van der Waals surface area contributed by atoms with Gasteiger partial charge in [0.05, 0.1) is 5.92 Å². The monoisotopic (exact) mass is 145 g/mol. The van der Waals surface area contributed by atoms with Crippen molar-refractivity contribution in [1.29, 1.82) is 0 Å². The molecule has 0 aliphatic rings. The lowest BCUT2D eigenvalue weighted by Gasteiger charge is -2.10. The minimum Gasteiger partial charge on any atom is -0.481 e. The topological polar surface area (TPSA) is 80.4 Å². The van der Waals surface area contributed by atoms with Gasteiger partial charge in [-0.15, -0.1) is 0 Å². The third kappa shape index (κ3) is 2.05. The molecule has 0 rings (SSSR count). The van der Waals surface area contributed by atoms with Crippen LogP contribution in [0, 0.1) is 11.8 Å². The highest BCUT2D eigenvalue weighted by molar-refractivity contribution is 5.82. The first kappa shape index (κ1) is 8.94. The van der Waals surface area contributed by atoms with Gasteiger partial charge in [-0.05, 0) is 0 Å². The van der Waals surface area contributed by atoms with Crippen LogP contribution >= 0.6 is 0 Å². The van der Waals surface area contributed by atoms with E-state index in [0.29, 0.717) is 0 Å². The minimum absolute atomic E-state index is 0.574. The summed E-state index contributed by atoms with van der Waals surface area (Å²) in [4.78, 5) is 20.6. The van der Waals surface area contributed by atoms with Crippen molar-refractivity contribution >= 4 is 11.9 Å². The fraction of sp³-hybridized carbons (Fsp3) is 0.667. The molecule has 0 radical (unpaired) electrons. The average Bonchev–Trinajstić information content (AvgIpc) is 1.84. The molecule has 0 bridgehead atoms. The number of primary amides is 1. The Morgan fingerprint density at radius 3 is 1.80 bits per heavy atom. The molecular weight excluding hydrogens is 134 g/mol. The largest absolute Gasteiger partial charge is 0.481 e. The quantitative estimate of drug-likeness (QED) is 0.578. The summed E-state index contributed by atoms with van der Waals surface area (Å²) >= 11 is 0. The standard InChI is InChI=1S/C6H11NO3/c1-3(5(7)8)4(2)6(9)10/h3-4H,1-2H3,(H2,7,8)(H,9,10). The van der Waals surface area contributed by atoms with Gasteiger partial charge in [0.2, 0.25) is 5.91 Å².